The summed E-state index contributed by atoms with van der Waals surface area (Å²) in [5.41, 5.74) is 7.98. The predicted molar refractivity (Wildman–Crippen MR) is 144 cm³/mol. The van der Waals surface area contributed by atoms with E-state index in [2.05, 4.69) is 43.4 Å². The van der Waals surface area contributed by atoms with E-state index < -0.39 is 0 Å². The van der Waals surface area contributed by atoms with Gasteiger partial charge in [0.05, 0.1) is 35.5 Å². The van der Waals surface area contributed by atoms with Crippen molar-refractivity contribution < 1.29 is 4.79 Å². The molecule has 1 amide bonds. The van der Waals surface area contributed by atoms with E-state index in [0.29, 0.717) is 11.4 Å². The van der Waals surface area contributed by atoms with Crippen molar-refractivity contribution in [3.05, 3.63) is 119 Å². The molecule has 6 rings (SSSR count). The van der Waals surface area contributed by atoms with E-state index in [0.717, 1.165) is 40.4 Å². The van der Waals surface area contributed by atoms with Crippen LogP contribution < -0.4 is 15.5 Å². The Morgan fingerprint density at radius 1 is 0.857 bits per heavy atom. The minimum absolute atomic E-state index is 0.183. The Kier molecular flexibility index (Phi) is 5.48. The summed E-state index contributed by atoms with van der Waals surface area (Å²) in [5.74, 6) is 0.330. The topological polar surface area (TPSA) is 57.3 Å². The van der Waals surface area contributed by atoms with Crippen molar-refractivity contribution in [2.45, 2.75) is 6.54 Å². The minimum atomic E-state index is -0.183. The van der Waals surface area contributed by atoms with Gasteiger partial charge in [0.1, 0.15) is 5.82 Å². The maximum absolute atomic E-state index is 13.1. The third kappa shape index (κ3) is 4.16. The quantitative estimate of drug-likeness (QED) is 0.284. The summed E-state index contributed by atoms with van der Waals surface area (Å²) in [4.78, 5) is 20.0. The standard InChI is InChI=1S/C29H22N4OS/c34-29(24-11-5-4-10-23(24)20-8-2-1-3-9-20)32-28-15-14-22(16-30-28)33-17-21-18-35-19-26(21)31-25-12-6-7-13-27(25)33/h1-16,18-19,31H,17H2,(H,30,32,34). The molecule has 35 heavy (non-hydrogen) atoms. The van der Waals surface area contributed by atoms with Crippen molar-refractivity contribution in [2.24, 2.45) is 0 Å². The number of hydrogen-bond donors (Lipinski definition) is 2. The van der Waals surface area contributed by atoms with Crippen LogP contribution in [0.3, 0.4) is 0 Å². The number of anilines is 5. The lowest BCUT2D eigenvalue weighted by atomic mass is 9.99. The van der Waals surface area contributed by atoms with Gasteiger partial charge in [0.2, 0.25) is 0 Å². The molecule has 1 aliphatic heterocycles. The molecule has 0 fully saturated rings. The van der Waals surface area contributed by atoms with E-state index in [-0.39, 0.29) is 5.91 Å². The summed E-state index contributed by atoms with van der Waals surface area (Å²) < 4.78 is 0. The fourth-order valence-electron chi connectivity index (χ4n) is 4.36. The van der Waals surface area contributed by atoms with Gasteiger partial charge < -0.3 is 15.5 Å². The zero-order valence-electron chi connectivity index (χ0n) is 18.8. The number of nitrogens with one attached hydrogen (secondary N) is 2. The van der Waals surface area contributed by atoms with Crippen LogP contribution in [0, 0.1) is 0 Å². The van der Waals surface area contributed by atoms with Gasteiger partial charge in [-0.2, -0.15) is 0 Å². The van der Waals surface area contributed by atoms with Crippen LogP contribution in [0.4, 0.5) is 28.6 Å². The van der Waals surface area contributed by atoms with E-state index in [1.807, 2.05) is 85.1 Å². The van der Waals surface area contributed by atoms with Crippen LogP contribution in [0.15, 0.2) is 108 Å². The van der Waals surface area contributed by atoms with Gasteiger partial charge in [-0.15, -0.1) is 11.3 Å². The lowest BCUT2D eigenvalue weighted by Gasteiger charge is -2.24. The molecule has 5 aromatic rings. The summed E-state index contributed by atoms with van der Waals surface area (Å²) in [7, 11) is 0. The molecule has 3 aromatic carbocycles. The first-order chi connectivity index (χ1) is 17.3. The second-order valence-corrected chi connectivity index (χ2v) is 9.05. The maximum Gasteiger partial charge on any atom is 0.257 e. The maximum atomic E-state index is 13.1. The first kappa shape index (κ1) is 21.1. The van der Waals surface area contributed by atoms with E-state index in [1.54, 1.807) is 11.3 Å². The molecule has 0 radical (unpaired) electrons. The number of aromatic nitrogens is 1. The van der Waals surface area contributed by atoms with Crippen LogP contribution in [-0.4, -0.2) is 10.9 Å². The van der Waals surface area contributed by atoms with Crippen LogP contribution in [0.5, 0.6) is 0 Å². The zero-order chi connectivity index (χ0) is 23.6. The number of para-hydroxylation sites is 2. The molecule has 0 saturated carbocycles. The van der Waals surface area contributed by atoms with Gasteiger partial charge in [-0.25, -0.2) is 4.98 Å². The highest BCUT2D eigenvalue weighted by Crippen LogP contribution is 2.40. The van der Waals surface area contributed by atoms with Gasteiger partial charge in [0, 0.05) is 16.5 Å². The number of nitrogens with zero attached hydrogens (tertiary/aromatic N) is 2. The van der Waals surface area contributed by atoms with Crippen molar-refractivity contribution in [3.63, 3.8) is 0 Å². The second kappa shape index (κ2) is 9.08. The number of benzene rings is 3. The second-order valence-electron chi connectivity index (χ2n) is 8.31. The van der Waals surface area contributed by atoms with Crippen LogP contribution >= 0.6 is 11.3 Å². The molecule has 0 bridgehead atoms. The monoisotopic (exact) mass is 474 g/mol. The molecule has 3 heterocycles. The van der Waals surface area contributed by atoms with Crippen molar-refractivity contribution >= 4 is 45.8 Å². The van der Waals surface area contributed by atoms with E-state index >= 15 is 0 Å². The number of amides is 1. The Labute approximate surface area is 207 Å². The van der Waals surface area contributed by atoms with Crippen LogP contribution in [-0.2, 0) is 6.54 Å². The first-order valence-corrected chi connectivity index (χ1v) is 12.3. The van der Waals surface area contributed by atoms with Gasteiger partial charge in [0.15, 0.2) is 0 Å². The van der Waals surface area contributed by atoms with E-state index in [4.69, 9.17) is 0 Å². The Bertz CT molecular complexity index is 1490. The molecular weight excluding hydrogens is 452 g/mol. The molecule has 0 unspecified atom stereocenters. The van der Waals surface area contributed by atoms with Crippen LogP contribution in [0.25, 0.3) is 11.1 Å². The van der Waals surface area contributed by atoms with Crippen LogP contribution in [0.1, 0.15) is 15.9 Å². The average molecular weight is 475 g/mol. The number of thiophene rings is 1. The van der Waals surface area contributed by atoms with Crippen molar-refractivity contribution in [3.8, 4) is 11.1 Å². The smallest absolute Gasteiger partial charge is 0.257 e. The molecule has 0 spiro atoms. The molecule has 2 N–H and O–H groups in total. The summed E-state index contributed by atoms with van der Waals surface area (Å²) in [6.45, 7) is 0.737. The number of rotatable bonds is 4. The highest BCUT2D eigenvalue weighted by atomic mass is 32.1. The summed E-state index contributed by atoms with van der Waals surface area (Å²) in [6, 6.07) is 29.7. The third-order valence-corrected chi connectivity index (χ3v) is 6.88. The summed E-state index contributed by atoms with van der Waals surface area (Å²) in [5, 5.41) is 10.8. The van der Waals surface area contributed by atoms with Gasteiger partial charge in [0.25, 0.3) is 5.91 Å². The molecule has 6 heteroatoms. The van der Waals surface area contributed by atoms with Crippen molar-refractivity contribution in [1.29, 1.82) is 0 Å². The molecule has 5 nitrogen and oxygen atoms in total. The number of fused-ring (bicyclic) bond motifs is 2. The number of carbonyl (C=O) groups is 1. The molecule has 170 valence electrons. The van der Waals surface area contributed by atoms with Gasteiger partial charge >= 0.3 is 0 Å². The molecule has 2 aromatic heterocycles. The molecule has 0 saturated heterocycles. The van der Waals surface area contributed by atoms with Gasteiger partial charge in [-0.05, 0) is 46.8 Å². The molecule has 0 atom stereocenters. The Morgan fingerprint density at radius 2 is 1.66 bits per heavy atom. The largest absolute Gasteiger partial charge is 0.353 e. The minimum Gasteiger partial charge on any atom is -0.353 e. The Hall–Kier alpha value is -4.42. The molecule has 1 aliphatic rings. The van der Waals surface area contributed by atoms with Crippen molar-refractivity contribution in [2.75, 3.05) is 15.5 Å². The number of pyridine rings is 1. The zero-order valence-corrected chi connectivity index (χ0v) is 19.6. The Morgan fingerprint density at radius 3 is 2.51 bits per heavy atom. The average Bonchev–Trinajstić information content (AvgIpc) is 3.28. The molecule has 0 aliphatic carbocycles. The SMILES string of the molecule is O=C(Nc1ccc(N2Cc3cscc3Nc3ccccc32)cn1)c1ccccc1-c1ccccc1. The Balaban J connectivity index is 1.27. The van der Waals surface area contributed by atoms with Crippen molar-refractivity contribution in [1.82, 2.24) is 4.98 Å². The highest BCUT2D eigenvalue weighted by Gasteiger charge is 2.21. The van der Waals surface area contributed by atoms with Gasteiger partial charge in [-0.3, -0.25) is 4.79 Å². The normalized spacial score (nSPS) is 12.2. The van der Waals surface area contributed by atoms with E-state index in [1.165, 1.54) is 5.56 Å². The lowest BCUT2D eigenvalue weighted by Crippen LogP contribution is -2.17. The van der Waals surface area contributed by atoms with Crippen LogP contribution in [0.2, 0.25) is 0 Å². The highest BCUT2D eigenvalue weighted by molar-refractivity contribution is 7.08. The lowest BCUT2D eigenvalue weighted by molar-refractivity contribution is 0.102. The number of hydrogen-bond acceptors (Lipinski definition) is 5. The number of carbonyl (C=O) groups excluding carboxylic acids is 1. The first-order valence-electron chi connectivity index (χ1n) is 11.4. The summed E-state index contributed by atoms with van der Waals surface area (Å²) in [6.07, 6.45) is 1.81. The fraction of sp³-hybridized carbons (Fsp3) is 0.0345. The van der Waals surface area contributed by atoms with Gasteiger partial charge in [-0.1, -0.05) is 60.7 Å². The van der Waals surface area contributed by atoms with E-state index in [9.17, 15) is 4.79 Å². The fourth-order valence-corrected chi connectivity index (χ4v) is 5.14. The third-order valence-electron chi connectivity index (χ3n) is 6.09. The predicted octanol–water partition coefficient (Wildman–Crippen LogP) is 7.46. The summed E-state index contributed by atoms with van der Waals surface area (Å²) >= 11 is 1.69. The molecular formula is C29H22N4OS.